The molecule has 2 saturated heterocycles. The summed E-state index contributed by atoms with van der Waals surface area (Å²) in [5.74, 6) is 0.297. The highest BCUT2D eigenvalue weighted by molar-refractivity contribution is 7.98. The summed E-state index contributed by atoms with van der Waals surface area (Å²) >= 11 is 1.64. The maximum atomic E-state index is 12.3. The van der Waals surface area contributed by atoms with Crippen molar-refractivity contribution in [3.8, 4) is 0 Å². The Kier molecular flexibility index (Phi) is 4.26. The first-order valence-electron chi connectivity index (χ1n) is 7.67. The summed E-state index contributed by atoms with van der Waals surface area (Å²) in [5.41, 5.74) is 1.47. The smallest absolute Gasteiger partial charge is 0.222 e. The van der Waals surface area contributed by atoms with E-state index in [1.807, 2.05) is 19.5 Å². The third-order valence-corrected chi connectivity index (χ3v) is 5.73. The fourth-order valence-electron chi connectivity index (χ4n) is 3.57. The molecule has 6 heteroatoms. The molecule has 1 amide bonds. The average Bonchev–Trinajstić information content (AvgIpc) is 2.85. The van der Waals surface area contributed by atoms with E-state index >= 15 is 0 Å². The van der Waals surface area contributed by atoms with Gasteiger partial charge in [0, 0.05) is 20.0 Å². The highest BCUT2D eigenvalue weighted by Crippen LogP contribution is 2.38. The number of piperidine rings is 2. The molecule has 0 bridgehead atoms. The Morgan fingerprint density at radius 2 is 2.14 bits per heavy atom. The van der Waals surface area contributed by atoms with Crippen molar-refractivity contribution in [2.24, 2.45) is 12.5 Å². The number of thioether (sulfide) groups is 1. The summed E-state index contributed by atoms with van der Waals surface area (Å²) in [6, 6.07) is 0. The molecule has 1 aromatic rings. The van der Waals surface area contributed by atoms with Crippen molar-refractivity contribution in [1.29, 1.82) is 0 Å². The number of nitrogens with one attached hydrogen (secondary N) is 1. The van der Waals surface area contributed by atoms with Gasteiger partial charge in [-0.1, -0.05) is 11.8 Å². The molecular weight excluding hydrogens is 284 g/mol. The minimum Gasteiger partial charge on any atom is -0.336 e. The van der Waals surface area contributed by atoms with E-state index in [1.165, 1.54) is 12.8 Å². The summed E-state index contributed by atoms with van der Waals surface area (Å²) in [6.07, 6.45) is 8.08. The van der Waals surface area contributed by atoms with Crippen LogP contribution in [0.3, 0.4) is 0 Å². The van der Waals surface area contributed by atoms with Crippen LogP contribution in [0.15, 0.2) is 11.4 Å². The lowest BCUT2D eigenvalue weighted by Crippen LogP contribution is -2.50. The molecule has 5 nitrogen and oxygen atoms in total. The molecule has 0 aliphatic carbocycles. The van der Waals surface area contributed by atoms with Crippen LogP contribution in [-0.2, 0) is 18.4 Å². The third kappa shape index (κ3) is 2.97. The lowest BCUT2D eigenvalue weighted by molar-refractivity contribution is -0.139. The number of carbonyl (C=O) groups is 1. The fraction of sp³-hybridized carbons (Fsp3) is 0.733. The van der Waals surface area contributed by atoms with E-state index in [1.54, 1.807) is 11.8 Å². The zero-order valence-electron chi connectivity index (χ0n) is 12.9. The van der Waals surface area contributed by atoms with Crippen LogP contribution in [0.1, 0.15) is 31.4 Å². The van der Waals surface area contributed by atoms with Gasteiger partial charge in [-0.25, -0.2) is 4.98 Å². The zero-order chi connectivity index (χ0) is 14.9. The van der Waals surface area contributed by atoms with E-state index < -0.39 is 0 Å². The summed E-state index contributed by atoms with van der Waals surface area (Å²) in [4.78, 5) is 18.7. The van der Waals surface area contributed by atoms with Crippen molar-refractivity contribution in [3.63, 3.8) is 0 Å². The fourth-order valence-corrected chi connectivity index (χ4v) is 4.12. The van der Waals surface area contributed by atoms with Crippen LogP contribution in [0.5, 0.6) is 0 Å². The van der Waals surface area contributed by atoms with Crippen molar-refractivity contribution in [3.05, 3.63) is 11.9 Å². The highest BCUT2D eigenvalue weighted by Gasteiger charge is 2.39. The van der Waals surface area contributed by atoms with Crippen molar-refractivity contribution in [2.45, 2.75) is 37.4 Å². The maximum Gasteiger partial charge on any atom is 0.222 e. The van der Waals surface area contributed by atoms with E-state index in [2.05, 4.69) is 19.8 Å². The summed E-state index contributed by atoms with van der Waals surface area (Å²) in [5, 5.41) is 4.44. The van der Waals surface area contributed by atoms with Gasteiger partial charge in [0.25, 0.3) is 0 Å². The van der Waals surface area contributed by atoms with E-state index in [4.69, 9.17) is 0 Å². The van der Waals surface area contributed by atoms with E-state index in [-0.39, 0.29) is 0 Å². The molecule has 0 aromatic carbocycles. The van der Waals surface area contributed by atoms with Crippen molar-refractivity contribution in [2.75, 3.05) is 25.9 Å². The Labute approximate surface area is 130 Å². The topological polar surface area (TPSA) is 50.2 Å². The van der Waals surface area contributed by atoms with Gasteiger partial charge in [-0.3, -0.25) is 4.79 Å². The first-order valence-corrected chi connectivity index (χ1v) is 8.89. The minimum absolute atomic E-state index is 0.297. The standard InChI is InChI=1S/C15H24N4OS/c1-18-12(9-17-14(18)21-2)10-19-11-15(4-3-13(19)20)5-7-16-8-6-15/h9,16H,3-8,10-11H2,1-2H3. The summed E-state index contributed by atoms with van der Waals surface area (Å²) in [6.45, 7) is 3.78. The summed E-state index contributed by atoms with van der Waals surface area (Å²) < 4.78 is 2.10. The first kappa shape index (κ1) is 14.9. The number of imidazole rings is 1. The van der Waals surface area contributed by atoms with Gasteiger partial charge in [0.2, 0.25) is 5.91 Å². The average molecular weight is 308 g/mol. The Bertz CT molecular complexity index is 522. The van der Waals surface area contributed by atoms with Crippen LogP contribution in [0.25, 0.3) is 0 Å². The largest absolute Gasteiger partial charge is 0.336 e. The molecule has 1 spiro atoms. The predicted molar refractivity (Wildman–Crippen MR) is 84.2 cm³/mol. The normalized spacial score (nSPS) is 22.0. The molecule has 2 aliphatic heterocycles. The van der Waals surface area contributed by atoms with E-state index in [9.17, 15) is 4.79 Å². The molecule has 21 heavy (non-hydrogen) atoms. The quantitative estimate of drug-likeness (QED) is 0.863. The molecule has 1 aromatic heterocycles. The highest BCUT2D eigenvalue weighted by atomic mass is 32.2. The molecule has 2 aliphatic rings. The number of hydrogen-bond donors (Lipinski definition) is 1. The van der Waals surface area contributed by atoms with Gasteiger partial charge in [0.05, 0.1) is 18.4 Å². The first-order chi connectivity index (χ1) is 10.1. The number of aromatic nitrogens is 2. The monoisotopic (exact) mass is 308 g/mol. The molecule has 1 N–H and O–H groups in total. The molecule has 2 fully saturated rings. The van der Waals surface area contributed by atoms with Crippen molar-refractivity contribution in [1.82, 2.24) is 19.8 Å². The van der Waals surface area contributed by atoms with Crippen LogP contribution in [0.2, 0.25) is 0 Å². The molecule has 0 unspecified atom stereocenters. The summed E-state index contributed by atoms with van der Waals surface area (Å²) in [7, 11) is 2.03. The molecule has 3 rings (SSSR count). The Hall–Kier alpha value is -1.01. The second kappa shape index (κ2) is 6.01. The van der Waals surface area contributed by atoms with Crippen LogP contribution in [-0.4, -0.2) is 46.2 Å². The van der Waals surface area contributed by atoms with Crippen LogP contribution < -0.4 is 5.32 Å². The molecule has 0 atom stereocenters. The predicted octanol–water partition coefficient (Wildman–Crippen LogP) is 1.63. The van der Waals surface area contributed by atoms with E-state index in [0.717, 1.165) is 36.9 Å². The van der Waals surface area contributed by atoms with Gasteiger partial charge in [0.1, 0.15) is 0 Å². The number of amides is 1. The molecule has 0 radical (unpaired) electrons. The van der Waals surface area contributed by atoms with Crippen molar-refractivity contribution < 1.29 is 4.79 Å². The van der Waals surface area contributed by atoms with E-state index in [0.29, 0.717) is 24.3 Å². The second-order valence-corrected chi connectivity index (χ2v) is 7.07. The molecular formula is C15H24N4OS. The number of hydrogen-bond acceptors (Lipinski definition) is 4. The van der Waals surface area contributed by atoms with Crippen LogP contribution in [0.4, 0.5) is 0 Å². The van der Waals surface area contributed by atoms with Gasteiger partial charge in [-0.2, -0.15) is 0 Å². The van der Waals surface area contributed by atoms with Gasteiger partial charge in [-0.05, 0) is 44.0 Å². The lowest BCUT2D eigenvalue weighted by Gasteiger charge is -2.45. The second-order valence-electron chi connectivity index (χ2n) is 6.30. The molecule has 0 saturated carbocycles. The maximum absolute atomic E-state index is 12.3. The Morgan fingerprint density at radius 1 is 1.38 bits per heavy atom. The van der Waals surface area contributed by atoms with Gasteiger partial charge in [-0.15, -0.1) is 0 Å². The molecule has 116 valence electrons. The third-order valence-electron chi connectivity index (χ3n) is 4.99. The Morgan fingerprint density at radius 3 is 2.81 bits per heavy atom. The van der Waals surface area contributed by atoms with Crippen molar-refractivity contribution >= 4 is 17.7 Å². The number of nitrogens with zero attached hydrogens (tertiary/aromatic N) is 3. The SMILES string of the molecule is CSc1ncc(CN2CC3(CCNCC3)CCC2=O)n1C. The Balaban J connectivity index is 1.73. The number of likely N-dealkylation sites (tertiary alicyclic amines) is 1. The number of rotatable bonds is 3. The van der Waals surface area contributed by atoms with Gasteiger partial charge in [0.15, 0.2) is 5.16 Å². The molecule has 3 heterocycles. The van der Waals surface area contributed by atoms with Gasteiger partial charge < -0.3 is 14.8 Å². The van der Waals surface area contributed by atoms with Gasteiger partial charge >= 0.3 is 0 Å². The van der Waals surface area contributed by atoms with Crippen LogP contribution in [0, 0.1) is 5.41 Å². The zero-order valence-corrected chi connectivity index (χ0v) is 13.7. The lowest BCUT2D eigenvalue weighted by atomic mass is 9.73. The number of carbonyl (C=O) groups excluding carboxylic acids is 1. The van der Waals surface area contributed by atoms with Crippen LogP contribution >= 0.6 is 11.8 Å². The minimum atomic E-state index is 0.297.